The molecule has 1 aromatic rings. The number of rotatable bonds is 3. The minimum atomic E-state index is -0.105. The molecule has 1 atom stereocenters. The molecule has 96 valence electrons. The van der Waals surface area contributed by atoms with E-state index in [-0.39, 0.29) is 18.1 Å². The van der Waals surface area contributed by atoms with Crippen molar-refractivity contribution in [2.24, 2.45) is 0 Å². The van der Waals surface area contributed by atoms with Crippen molar-refractivity contribution in [1.82, 2.24) is 15.0 Å². The molecule has 1 aliphatic heterocycles. The van der Waals surface area contributed by atoms with Gasteiger partial charge in [0.25, 0.3) is 0 Å². The maximum Gasteiger partial charge on any atom is 0.232 e. The van der Waals surface area contributed by atoms with Gasteiger partial charge in [-0.25, -0.2) is 0 Å². The molecular weight excluding hydrogens is 218 g/mol. The van der Waals surface area contributed by atoms with Crippen LogP contribution in [0.2, 0.25) is 0 Å². The summed E-state index contributed by atoms with van der Waals surface area (Å²) < 4.78 is 5.26. The second-order valence-corrected chi connectivity index (χ2v) is 5.71. The van der Waals surface area contributed by atoms with Crippen molar-refractivity contribution in [2.45, 2.75) is 51.6 Å². The van der Waals surface area contributed by atoms with E-state index >= 15 is 0 Å². The Morgan fingerprint density at radius 3 is 2.82 bits per heavy atom. The highest BCUT2D eigenvalue weighted by Gasteiger charge is 2.27. The lowest BCUT2D eigenvalue weighted by molar-refractivity contribution is 0.150. The SMILES string of the molecule is CC(C)(C)c1nc(CN2CCC[C@H]2CO)no1. The van der Waals surface area contributed by atoms with Crippen LogP contribution in [0.1, 0.15) is 45.3 Å². The van der Waals surface area contributed by atoms with Crippen LogP contribution in [0.4, 0.5) is 0 Å². The van der Waals surface area contributed by atoms with E-state index in [0.29, 0.717) is 12.4 Å². The molecule has 2 heterocycles. The van der Waals surface area contributed by atoms with Crippen LogP contribution in [-0.2, 0) is 12.0 Å². The highest BCUT2D eigenvalue weighted by molar-refractivity contribution is 4.98. The lowest BCUT2D eigenvalue weighted by Gasteiger charge is -2.20. The van der Waals surface area contributed by atoms with Gasteiger partial charge in [-0.3, -0.25) is 4.90 Å². The fraction of sp³-hybridized carbons (Fsp3) is 0.833. The molecule has 1 fully saturated rings. The molecule has 0 radical (unpaired) electrons. The van der Waals surface area contributed by atoms with E-state index in [1.807, 2.05) is 0 Å². The minimum absolute atomic E-state index is 0.105. The number of hydrogen-bond donors (Lipinski definition) is 1. The molecule has 0 unspecified atom stereocenters. The van der Waals surface area contributed by atoms with Gasteiger partial charge in [0.1, 0.15) is 0 Å². The first-order valence-electron chi connectivity index (χ1n) is 6.18. The van der Waals surface area contributed by atoms with Crippen LogP contribution < -0.4 is 0 Å². The Morgan fingerprint density at radius 2 is 2.24 bits per heavy atom. The summed E-state index contributed by atoms with van der Waals surface area (Å²) in [5.41, 5.74) is -0.105. The average Bonchev–Trinajstić information content (AvgIpc) is 2.86. The van der Waals surface area contributed by atoms with Crippen LogP contribution in [-0.4, -0.2) is 39.3 Å². The number of nitrogens with zero attached hydrogens (tertiary/aromatic N) is 3. The summed E-state index contributed by atoms with van der Waals surface area (Å²) in [6, 6.07) is 0.256. The predicted molar refractivity (Wildman–Crippen MR) is 63.5 cm³/mol. The molecule has 5 heteroatoms. The Morgan fingerprint density at radius 1 is 1.47 bits per heavy atom. The van der Waals surface area contributed by atoms with Crippen molar-refractivity contribution < 1.29 is 9.63 Å². The molecule has 17 heavy (non-hydrogen) atoms. The van der Waals surface area contributed by atoms with E-state index in [0.717, 1.165) is 25.2 Å². The van der Waals surface area contributed by atoms with Crippen molar-refractivity contribution in [3.8, 4) is 0 Å². The monoisotopic (exact) mass is 239 g/mol. The van der Waals surface area contributed by atoms with Gasteiger partial charge >= 0.3 is 0 Å². The van der Waals surface area contributed by atoms with E-state index in [1.54, 1.807) is 0 Å². The van der Waals surface area contributed by atoms with Crippen LogP contribution in [0, 0.1) is 0 Å². The zero-order valence-corrected chi connectivity index (χ0v) is 10.8. The molecule has 5 nitrogen and oxygen atoms in total. The second-order valence-electron chi connectivity index (χ2n) is 5.71. The molecule has 0 aromatic carbocycles. The quantitative estimate of drug-likeness (QED) is 0.862. The fourth-order valence-corrected chi connectivity index (χ4v) is 2.11. The molecule has 2 rings (SSSR count). The zero-order valence-electron chi connectivity index (χ0n) is 10.8. The first kappa shape index (κ1) is 12.5. The van der Waals surface area contributed by atoms with Crippen molar-refractivity contribution in [3.63, 3.8) is 0 Å². The highest BCUT2D eigenvalue weighted by Crippen LogP contribution is 2.22. The van der Waals surface area contributed by atoms with Gasteiger partial charge in [0.2, 0.25) is 5.89 Å². The molecule has 0 amide bonds. The third-order valence-electron chi connectivity index (χ3n) is 3.16. The zero-order chi connectivity index (χ0) is 12.5. The first-order valence-corrected chi connectivity index (χ1v) is 6.18. The summed E-state index contributed by atoms with van der Waals surface area (Å²) in [6.07, 6.45) is 2.19. The summed E-state index contributed by atoms with van der Waals surface area (Å²) in [6.45, 7) is 8.05. The Hall–Kier alpha value is -0.940. The van der Waals surface area contributed by atoms with E-state index in [1.165, 1.54) is 0 Å². The molecule has 0 bridgehead atoms. The van der Waals surface area contributed by atoms with Crippen LogP contribution in [0.15, 0.2) is 4.52 Å². The van der Waals surface area contributed by atoms with Crippen LogP contribution in [0.25, 0.3) is 0 Å². The predicted octanol–water partition coefficient (Wildman–Crippen LogP) is 1.32. The molecule has 1 aromatic heterocycles. The lowest BCUT2D eigenvalue weighted by Crippen LogP contribution is -2.32. The Labute approximate surface area is 102 Å². The van der Waals surface area contributed by atoms with E-state index < -0.39 is 0 Å². The number of aliphatic hydroxyl groups excluding tert-OH is 1. The van der Waals surface area contributed by atoms with Gasteiger partial charge in [0.15, 0.2) is 5.82 Å². The van der Waals surface area contributed by atoms with Crippen molar-refractivity contribution >= 4 is 0 Å². The molecular formula is C12H21N3O2. The van der Waals surface area contributed by atoms with E-state index in [9.17, 15) is 5.11 Å². The minimum Gasteiger partial charge on any atom is -0.395 e. The Bertz CT molecular complexity index is 370. The van der Waals surface area contributed by atoms with Gasteiger partial charge in [-0.05, 0) is 19.4 Å². The first-order chi connectivity index (χ1) is 8.00. The standard InChI is InChI=1S/C12H21N3O2/c1-12(2,3)11-13-10(14-17-11)7-15-6-4-5-9(15)8-16/h9,16H,4-8H2,1-3H3/t9-/m0/s1. The fourth-order valence-electron chi connectivity index (χ4n) is 2.11. The van der Waals surface area contributed by atoms with Gasteiger partial charge in [-0.15, -0.1) is 0 Å². The molecule has 0 spiro atoms. The molecule has 1 N–H and O–H groups in total. The normalized spacial score (nSPS) is 22.2. The molecule has 1 aliphatic rings. The summed E-state index contributed by atoms with van der Waals surface area (Å²) in [5.74, 6) is 1.39. The van der Waals surface area contributed by atoms with E-state index in [4.69, 9.17) is 4.52 Å². The summed E-state index contributed by atoms with van der Waals surface area (Å²) in [7, 11) is 0. The second kappa shape index (κ2) is 4.74. The highest BCUT2D eigenvalue weighted by atomic mass is 16.5. The van der Waals surface area contributed by atoms with Crippen LogP contribution in [0.3, 0.4) is 0 Å². The lowest BCUT2D eigenvalue weighted by atomic mass is 9.97. The maximum atomic E-state index is 9.24. The Balaban J connectivity index is 2.02. The van der Waals surface area contributed by atoms with Crippen LogP contribution in [0.5, 0.6) is 0 Å². The third-order valence-corrected chi connectivity index (χ3v) is 3.16. The molecule has 0 saturated carbocycles. The Kier molecular flexibility index (Phi) is 3.49. The summed E-state index contributed by atoms with van der Waals surface area (Å²) in [5, 5.41) is 13.2. The van der Waals surface area contributed by atoms with Crippen molar-refractivity contribution in [1.29, 1.82) is 0 Å². The average molecular weight is 239 g/mol. The van der Waals surface area contributed by atoms with Crippen LogP contribution >= 0.6 is 0 Å². The number of hydrogen-bond acceptors (Lipinski definition) is 5. The van der Waals surface area contributed by atoms with Gasteiger partial charge in [-0.1, -0.05) is 25.9 Å². The van der Waals surface area contributed by atoms with Gasteiger partial charge in [0.05, 0.1) is 13.2 Å². The number of aromatic nitrogens is 2. The maximum absolute atomic E-state index is 9.24. The van der Waals surface area contributed by atoms with Crippen molar-refractivity contribution in [2.75, 3.05) is 13.2 Å². The summed E-state index contributed by atoms with van der Waals surface area (Å²) >= 11 is 0. The van der Waals surface area contributed by atoms with Gasteiger partial charge < -0.3 is 9.63 Å². The summed E-state index contributed by atoms with van der Waals surface area (Å²) in [4.78, 5) is 6.63. The number of aliphatic hydroxyl groups is 1. The largest absolute Gasteiger partial charge is 0.395 e. The molecule has 0 aliphatic carbocycles. The van der Waals surface area contributed by atoms with Crippen molar-refractivity contribution in [3.05, 3.63) is 11.7 Å². The van der Waals surface area contributed by atoms with Gasteiger partial charge in [-0.2, -0.15) is 4.98 Å². The van der Waals surface area contributed by atoms with Gasteiger partial charge in [0, 0.05) is 11.5 Å². The smallest absolute Gasteiger partial charge is 0.232 e. The molecule has 1 saturated heterocycles. The third kappa shape index (κ3) is 2.84. The number of likely N-dealkylation sites (tertiary alicyclic amines) is 1. The van der Waals surface area contributed by atoms with E-state index in [2.05, 4.69) is 35.8 Å². The topological polar surface area (TPSA) is 62.4 Å².